The van der Waals surface area contributed by atoms with Crippen molar-refractivity contribution < 1.29 is 14.0 Å². The molecule has 0 spiro atoms. The van der Waals surface area contributed by atoms with Gasteiger partial charge in [-0.05, 0) is 30.0 Å². The van der Waals surface area contributed by atoms with E-state index in [0.717, 1.165) is 12.0 Å². The molecule has 16 heavy (non-hydrogen) atoms. The molecule has 3 nitrogen and oxygen atoms in total. The number of carbonyl (C=O) groups excluding carboxylic acids is 1. The zero-order chi connectivity index (χ0) is 11.7. The summed E-state index contributed by atoms with van der Waals surface area (Å²) in [4.78, 5) is 16.6. The summed E-state index contributed by atoms with van der Waals surface area (Å²) in [6.07, 6.45) is 0.818. The molecule has 1 aromatic carbocycles. The van der Waals surface area contributed by atoms with Crippen molar-refractivity contribution in [1.82, 2.24) is 5.06 Å². The summed E-state index contributed by atoms with van der Waals surface area (Å²) in [6, 6.07) is 6.32. The Kier molecular flexibility index (Phi) is 2.92. The van der Waals surface area contributed by atoms with Crippen LogP contribution >= 0.6 is 0 Å². The van der Waals surface area contributed by atoms with Crippen molar-refractivity contribution in [2.75, 3.05) is 14.2 Å². The standard InChI is InChI=1S/C12H14FNO2/c1-14(16-2)12(15)11-7-10(11)8-3-5-9(13)6-4-8/h3-6,10-11H,7H2,1-2H3/t10-,11-/m0/s1. The molecule has 0 aromatic heterocycles. The van der Waals surface area contributed by atoms with Crippen LogP contribution in [0.15, 0.2) is 24.3 Å². The monoisotopic (exact) mass is 223 g/mol. The molecule has 0 saturated heterocycles. The molecule has 1 saturated carbocycles. The third-order valence-electron chi connectivity index (χ3n) is 2.99. The Morgan fingerprint density at radius 1 is 1.44 bits per heavy atom. The third-order valence-corrected chi connectivity index (χ3v) is 2.99. The van der Waals surface area contributed by atoms with Crippen LogP contribution in [-0.4, -0.2) is 25.1 Å². The molecule has 0 bridgehead atoms. The van der Waals surface area contributed by atoms with Gasteiger partial charge in [0.2, 0.25) is 5.91 Å². The summed E-state index contributed by atoms with van der Waals surface area (Å²) in [5.74, 6) is -0.0702. The van der Waals surface area contributed by atoms with E-state index in [1.165, 1.54) is 24.3 Å². The predicted molar refractivity (Wildman–Crippen MR) is 57.0 cm³/mol. The minimum Gasteiger partial charge on any atom is -0.275 e. The molecular formula is C12H14FNO2. The summed E-state index contributed by atoms with van der Waals surface area (Å²) in [5.41, 5.74) is 1.02. The number of amides is 1. The van der Waals surface area contributed by atoms with Crippen LogP contribution in [0.2, 0.25) is 0 Å². The number of hydrogen-bond donors (Lipinski definition) is 0. The van der Waals surface area contributed by atoms with Crippen LogP contribution in [0.4, 0.5) is 4.39 Å². The van der Waals surface area contributed by atoms with Gasteiger partial charge >= 0.3 is 0 Å². The van der Waals surface area contributed by atoms with Crippen LogP contribution in [-0.2, 0) is 9.63 Å². The molecule has 0 heterocycles. The quantitative estimate of drug-likeness (QED) is 0.733. The fourth-order valence-corrected chi connectivity index (χ4v) is 1.87. The Bertz CT molecular complexity index is 391. The molecule has 0 aliphatic heterocycles. The van der Waals surface area contributed by atoms with E-state index in [-0.39, 0.29) is 23.6 Å². The predicted octanol–water partition coefficient (Wildman–Crippen LogP) is 1.95. The van der Waals surface area contributed by atoms with Gasteiger partial charge in [0.05, 0.1) is 7.11 Å². The number of rotatable bonds is 3. The van der Waals surface area contributed by atoms with E-state index >= 15 is 0 Å². The summed E-state index contributed by atoms with van der Waals surface area (Å²) >= 11 is 0. The lowest BCUT2D eigenvalue weighted by Gasteiger charge is -2.13. The van der Waals surface area contributed by atoms with Gasteiger partial charge in [0.15, 0.2) is 0 Å². The van der Waals surface area contributed by atoms with Crippen molar-refractivity contribution in [3.8, 4) is 0 Å². The maximum absolute atomic E-state index is 12.7. The molecular weight excluding hydrogens is 209 g/mol. The number of nitrogens with zero attached hydrogens (tertiary/aromatic N) is 1. The zero-order valence-corrected chi connectivity index (χ0v) is 9.31. The third kappa shape index (κ3) is 2.07. The van der Waals surface area contributed by atoms with E-state index in [1.807, 2.05) is 0 Å². The Morgan fingerprint density at radius 2 is 2.06 bits per heavy atom. The Balaban J connectivity index is 2.01. The maximum atomic E-state index is 12.7. The first-order chi connectivity index (χ1) is 7.63. The molecule has 1 fully saturated rings. The van der Waals surface area contributed by atoms with Crippen molar-refractivity contribution in [3.63, 3.8) is 0 Å². The Labute approximate surface area is 93.8 Å². The van der Waals surface area contributed by atoms with Gasteiger partial charge in [-0.2, -0.15) is 0 Å². The summed E-state index contributed by atoms with van der Waals surface area (Å²) < 4.78 is 12.7. The largest absolute Gasteiger partial charge is 0.275 e. The molecule has 2 rings (SSSR count). The second-order valence-corrected chi connectivity index (χ2v) is 4.02. The number of hydrogen-bond acceptors (Lipinski definition) is 2. The van der Waals surface area contributed by atoms with Crippen molar-refractivity contribution in [2.45, 2.75) is 12.3 Å². The summed E-state index contributed by atoms with van der Waals surface area (Å²) in [6.45, 7) is 0. The van der Waals surface area contributed by atoms with E-state index in [4.69, 9.17) is 4.84 Å². The van der Waals surface area contributed by atoms with Crippen LogP contribution in [0.5, 0.6) is 0 Å². The van der Waals surface area contributed by atoms with Gasteiger partial charge in [-0.3, -0.25) is 9.63 Å². The van der Waals surface area contributed by atoms with Gasteiger partial charge in [0.1, 0.15) is 5.82 Å². The van der Waals surface area contributed by atoms with E-state index in [9.17, 15) is 9.18 Å². The fraction of sp³-hybridized carbons (Fsp3) is 0.417. The highest BCUT2D eigenvalue weighted by atomic mass is 19.1. The summed E-state index contributed by atoms with van der Waals surface area (Å²) in [7, 11) is 3.07. The second-order valence-electron chi connectivity index (χ2n) is 4.02. The smallest absolute Gasteiger partial charge is 0.249 e. The highest BCUT2D eigenvalue weighted by molar-refractivity contribution is 5.81. The number of benzene rings is 1. The normalized spacial score (nSPS) is 22.9. The van der Waals surface area contributed by atoms with Crippen molar-refractivity contribution >= 4 is 5.91 Å². The van der Waals surface area contributed by atoms with E-state index in [2.05, 4.69) is 0 Å². The van der Waals surface area contributed by atoms with E-state index in [1.54, 1.807) is 19.2 Å². The topological polar surface area (TPSA) is 29.5 Å². The lowest BCUT2D eigenvalue weighted by molar-refractivity contribution is -0.170. The first-order valence-corrected chi connectivity index (χ1v) is 5.20. The van der Waals surface area contributed by atoms with Gasteiger partial charge < -0.3 is 0 Å². The van der Waals surface area contributed by atoms with Crippen LogP contribution in [0.1, 0.15) is 17.9 Å². The number of halogens is 1. The van der Waals surface area contributed by atoms with Crippen LogP contribution in [0.3, 0.4) is 0 Å². The summed E-state index contributed by atoms with van der Waals surface area (Å²) in [5, 5.41) is 1.24. The van der Waals surface area contributed by atoms with Crippen molar-refractivity contribution in [1.29, 1.82) is 0 Å². The van der Waals surface area contributed by atoms with Crippen LogP contribution < -0.4 is 0 Å². The van der Waals surface area contributed by atoms with Crippen LogP contribution in [0.25, 0.3) is 0 Å². The maximum Gasteiger partial charge on any atom is 0.249 e. The van der Waals surface area contributed by atoms with Crippen LogP contribution in [0, 0.1) is 11.7 Å². The van der Waals surface area contributed by atoms with Gasteiger partial charge in [-0.25, -0.2) is 9.45 Å². The first-order valence-electron chi connectivity index (χ1n) is 5.20. The molecule has 86 valence electrons. The Hall–Kier alpha value is -1.42. The molecule has 1 aliphatic carbocycles. The molecule has 0 radical (unpaired) electrons. The van der Waals surface area contributed by atoms with Gasteiger partial charge in [0, 0.05) is 13.0 Å². The molecule has 1 aromatic rings. The van der Waals surface area contributed by atoms with Crippen molar-refractivity contribution in [2.24, 2.45) is 5.92 Å². The van der Waals surface area contributed by atoms with Gasteiger partial charge in [-0.1, -0.05) is 12.1 Å². The molecule has 4 heteroatoms. The molecule has 1 amide bonds. The lowest BCUT2D eigenvalue weighted by atomic mass is 10.1. The van der Waals surface area contributed by atoms with E-state index in [0.29, 0.717) is 0 Å². The zero-order valence-electron chi connectivity index (χ0n) is 9.31. The SMILES string of the molecule is CON(C)C(=O)[C@H]1C[C@H]1c1ccc(F)cc1. The number of carbonyl (C=O) groups is 1. The van der Waals surface area contributed by atoms with Gasteiger partial charge in [-0.15, -0.1) is 0 Å². The molecule has 1 aliphatic rings. The van der Waals surface area contributed by atoms with Crippen molar-refractivity contribution in [3.05, 3.63) is 35.6 Å². The molecule has 0 N–H and O–H groups in total. The Morgan fingerprint density at radius 3 is 2.62 bits per heavy atom. The first kappa shape index (κ1) is 11.1. The lowest BCUT2D eigenvalue weighted by Crippen LogP contribution is -2.27. The minimum atomic E-state index is -0.249. The average molecular weight is 223 g/mol. The molecule has 2 atom stereocenters. The fourth-order valence-electron chi connectivity index (χ4n) is 1.87. The second kappa shape index (κ2) is 4.22. The average Bonchev–Trinajstić information content (AvgIpc) is 3.08. The molecule has 0 unspecified atom stereocenters. The highest BCUT2D eigenvalue weighted by Gasteiger charge is 2.45. The van der Waals surface area contributed by atoms with E-state index < -0.39 is 0 Å². The number of hydroxylamine groups is 2. The highest BCUT2D eigenvalue weighted by Crippen LogP contribution is 2.48. The minimum absolute atomic E-state index is 0.0168. The van der Waals surface area contributed by atoms with Gasteiger partial charge in [0.25, 0.3) is 0 Å².